The van der Waals surface area contributed by atoms with Crippen molar-refractivity contribution in [3.05, 3.63) is 40.1 Å². The van der Waals surface area contributed by atoms with E-state index in [9.17, 15) is 10.1 Å². The maximum atomic E-state index is 10.8. The summed E-state index contributed by atoms with van der Waals surface area (Å²) in [4.78, 5) is 19.4. The Balaban J connectivity index is 1.71. The normalized spacial score (nSPS) is 22.6. The van der Waals surface area contributed by atoms with Crippen molar-refractivity contribution < 1.29 is 4.92 Å². The van der Waals surface area contributed by atoms with Crippen LogP contribution >= 0.6 is 0 Å². The Morgan fingerprint density at radius 3 is 2.80 bits per heavy atom. The number of hydrogen-bond acceptors (Lipinski definition) is 5. The molecule has 6 heteroatoms. The van der Waals surface area contributed by atoms with Gasteiger partial charge in [-0.1, -0.05) is 12.2 Å². The second kappa shape index (κ2) is 5.20. The van der Waals surface area contributed by atoms with E-state index in [1.807, 2.05) is 6.07 Å². The quantitative estimate of drug-likeness (QED) is 0.477. The molecule has 0 aliphatic carbocycles. The monoisotopic (exact) mass is 274 g/mol. The number of rotatable bonds is 3. The molecule has 1 aromatic rings. The average molecular weight is 274 g/mol. The van der Waals surface area contributed by atoms with Crippen LogP contribution in [0, 0.1) is 17.0 Å². The van der Waals surface area contributed by atoms with Crippen LogP contribution in [0.3, 0.4) is 0 Å². The summed E-state index contributed by atoms with van der Waals surface area (Å²) in [5, 5.41) is 10.8. The van der Waals surface area contributed by atoms with Gasteiger partial charge in [0, 0.05) is 37.8 Å². The van der Waals surface area contributed by atoms with Gasteiger partial charge in [0.05, 0.1) is 4.92 Å². The van der Waals surface area contributed by atoms with Crippen LogP contribution in [0.25, 0.3) is 0 Å². The van der Waals surface area contributed by atoms with E-state index in [0.717, 1.165) is 38.4 Å². The van der Waals surface area contributed by atoms with Gasteiger partial charge in [0.15, 0.2) is 0 Å². The van der Waals surface area contributed by atoms with Crippen molar-refractivity contribution in [2.75, 3.05) is 31.1 Å². The molecule has 6 nitrogen and oxygen atoms in total. The number of aryl methyl sites for hydroxylation is 1. The Morgan fingerprint density at radius 1 is 1.40 bits per heavy atom. The lowest BCUT2D eigenvalue weighted by molar-refractivity contribution is -0.385. The van der Waals surface area contributed by atoms with Gasteiger partial charge in [-0.2, -0.15) is 0 Å². The number of pyridine rings is 1. The summed E-state index contributed by atoms with van der Waals surface area (Å²) in [5.41, 5.74) is 0.763. The van der Waals surface area contributed by atoms with E-state index in [2.05, 4.69) is 26.9 Å². The lowest BCUT2D eigenvalue weighted by Gasteiger charge is -2.24. The largest absolute Gasteiger partial charge is 0.355 e. The zero-order chi connectivity index (χ0) is 14.1. The molecule has 0 saturated carbocycles. The van der Waals surface area contributed by atoms with Crippen LogP contribution in [0.5, 0.6) is 0 Å². The molecule has 1 atom stereocenters. The Morgan fingerprint density at radius 2 is 2.15 bits per heavy atom. The van der Waals surface area contributed by atoms with Gasteiger partial charge >= 0.3 is 0 Å². The fourth-order valence-electron chi connectivity index (χ4n) is 2.94. The van der Waals surface area contributed by atoms with E-state index in [0.29, 0.717) is 11.6 Å². The zero-order valence-corrected chi connectivity index (χ0v) is 11.5. The van der Waals surface area contributed by atoms with Gasteiger partial charge in [-0.15, -0.1) is 0 Å². The first-order valence-corrected chi connectivity index (χ1v) is 6.90. The van der Waals surface area contributed by atoms with Crippen molar-refractivity contribution in [3.63, 3.8) is 0 Å². The van der Waals surface area contributed by atoms with Gasteiger partial charge in [0.1, 0.15) is 12.0 Å². The molecule has 3 heterocycles. The third kappa shape index (κ3) is 2.38. The summed E-state index contributed by atoms with van der Waals surface area (Å²) in [5.74, 6) is 0.850. The maximum Gasteiger partial charge on any atom is 0.290 e. The van der Waals surface area contributed by atoms with Crippen LogP contribution in [-0.4, -0.2) is 47.0 Å². The molecule has 1 aromatic heterocycles. The Bertz CT molecular complexity index is 550. The Kier molecular flexibility index (Phi) is 3.40. The summed E-state index contributed by atoms with van der Waals surface area (Å²) in [7, 11) is 0. The molecular weight excluding hydrogens is 256 g/mol. The van der Waals surface area contributed by atoms with Gasteiger partial charge < -0.3 is 4.90 Å². The van der Waals surface area contributed by atoms with E-state index >= 15 is 0 Å². The van der Waals surface area contributed by atoms with Crippen LogP contribution in [-0.2, 0) is 0 Å². The molecule has 2 aliphatic rings. The average Bonchev–Trinajstić information content (AvgIpc) is 3.09. The van der Waals surface area contributed by atoms with Crippen molar-refractivity contribution >= 4 is 11.5 Å². The maximum absolute atomic E-state index is 10.8. The molecule has 0 N–H and O–H groups in total. The van der Waals surface area contributed by atoms with Crippen LogP contribution in [0.4, 0.5) is 11.5 Å². The highest BCUT2D eigenvalue weighted by Gasteiger charge is 2.29. The topological polar surface area (TPSA) is 62.5 Å². The van der Waals surface area contributed by atoms with Gasteiger partial charge in [0.2, 0.25) is 0 Å². The minimum Gasteiger partial charge on any atom is -0.355 e. The minimum absolute atomic E-state index is 0.0910. The standard InChI is InChI=1S/C14H18N4O2/c1-11-8-14(15-9-13(11)18(19)20)17-7-4-12(10-17)16-5-2-3-6-16/h2-3,8-9,12H,4-7,10H2,1H3. The summed E-state index contributed by atoms with van der Waals surface area (Å²) < 4.78 is 0. The van der Waals surface area contributed by atoms with E-state index in [1.54, 1.807) is 6.92 Å². The lowest BCUT2D eigenvalue weighted by Crippen LogP contribution is -2.35. The van der Waals surface area contributed by atoms with E-state index in [4.69, 9.17) is 0 Å². The highest BCUT2D eigenvalue weighted by Crippen LogP contribution is 2.26. The molecule has 0 bridgehead atoms. The van der Waals surface area contributed by atoms with E-state index in [1.165, 1.54) is 6.20 Å². The van der Waals surface area contributed by atoms with Crippen LogP contribution in [0.15, 0.2) is 24.4 Å². The molecule has 1 saturated heterocycles. The molecule has 2 aliphatic heterocycles. The smallest absolute Gasteiger partial charge is 0.290 e. The number of aromatic nitrogens is 1. The minimum atomic E-state index is -0.380. The van der Waals surface area contributed by atoms with Gasteiger partial charge in [-0.3, -0.25) is 15.0 Å². The predicted octanol–water partition coefficient (Wildman–Crippen LogP) is 1.75. The molecule has 20 heavy (non-hydrogen) atoms. The third-order valence-electron chi connectivity index (χ3n) is 4.12. The molecular formula is C14H18N4O2. The lowest BCUT2D eigenvalue weighted by atomic mass is 10.2. The van der Waals surface area contributed by atoms with Crippen molar-refractivity contribution in [2.45, 2.75) is 19.4 Å². The van der Waals surface area contributed by atoms with Crippen molar-refractivity contribution in [1.29, 1.82) is 0 Å². The molecule has 0 spiro atoms. The summed E-state index contributed by atoms with van der Waals surface area (Å²) in [6.45, 7) is 5.75. The summed E-state index contributed by atoms with van der Waals surface area (Å²) >= 11 is 0. The molecule has 0 amide bonds. The predicted molar refractivity (Wildman–Crippen MR) is 77.0 cm³/mol. The molecule has 0 radical (unpaired) electrons. The van der Waals surface area contributed by atoms with Crippen molar-refractivity contribution in [3.8, 4) is 0 Å². The van der Waals surface area contributed by atoms with Crippen LogP contribution in [0.2, 0.25) is 0 Å². The van der Waals surface area contributed by atoms with E-state index < -0.39 is 0 Å². The SMILES string of the molecule is Cc1cc(N2CCC(N3CC=CC3)C2)ncc1[N+](=O)[O-]. The molecule has 1 fully saturated rings. The van der Waals surface area contributed by atoms with Gasteiger partial charge in [-0.25, -0.2) is 4.98 Å². The first-order valence-electron chi connectivity index (χ1n) is 6.90. The number of hydrogen-bond donors (Lipinski definition) is 0. The number of nitro groups is 1. The highest BCUT2D eigenvalue weighted by atomic mass is 16.6. The van der Waals surface area contributed by atoms with Gasteiger partial charge in [0.25, 0.3) is 5.69 Å². The second-order valence-electron chi connectivity index (χ2n) is 5.40. The van der Waals surface area contributed by atoms with E-state index in [-0.39, 0.29) is 10.6 Å². The molecule has 106 valence electrons. The molecule has 3 rings (SSSR count). The fraction of sp³-hybridized carbons (Fsp3) is 0.500. The van der Waals surface area contributed by atoms with Crippen molar-refractivity contribution in [2.24, 2.45) is 0 Å². The summed E-state index contributed by atoms with van der Waals surface area (Å²) in [6, 6.07) is 2.38. The highest BCUT2D eigenvalue weighted by molar-refractivity contribution is 5.49. The third-order valence-corrected chi connectivity index (χ3v) is 4.12. The second-order valence-corrected chi connectivity index (χ2v) is 5.40. The number of anilines is 1. The first kappa shape index (κ1) is 13.1. The Hall–Kier alpha value is -1.95. The van der Waals surface area contributed by atoms with Crippen molar-refractivity contribution in [1.82, 2.24) is 9.88 Å². The summed E-state index contributed by atoms with van der Waals surface area (Å²) in [6.07, 6.45) is 6.91. The zero-order valence-electron chi connectivity index (χ0n) is 11.5. The fourth-order valence-corrected chi connectivity index (χ4v) is 2.94. The van der Waals surface area contributed by atoms with Crippen LogP contribution in [0.1, 0.15) is 12.0 Å². The first-order chi connectivity index (χ1) is 9.65. The van der Waals surface area contributed by atoms with Crippen LogP contribution < -0.4 is 4.90 Å². The van der Waals surface area contributed by atoms with Gasteiger partial charge in [-0.05, 0) is 19.4 Å². The molecule has 1 unspecified atom stereocenters. The number of nitrogens with zero attached hydrogens (tertiary/aromatic N) is 4. The Labute approximate surface area is 117 Å². The molecule has 0 aromatic carbocycles.